The molecule has 0 aliphatic carbocycles. The van der Waals surface area contributed by atoms with Crippen LogP contribution in [0.4, 0.5) is 5.69 Å². The molecule has 0 atom stereocenters. The SMILES string of the molecule is Cn1c(CCNC(=O)c2cccc(NS(=O)(=O)c3ccccc3)c2)n[nH]c1=S. The average molecular weight is 418 g/mol. The molecule has 10 heteroatoms. The summed E-state index contributed by atoms with van der Waals surface area (Å²) in [4.78, 5) is 12.5. The molecular formula is C18H19N5O3S2. The van der Waals surface area contributed by atoms with E-state index in [9.17, 15) is 13.2 Å². The van der Waals surface area contributed by atoms with Gasteiger partial charge in [-0.3, -0.25) is 14.6 Å². The molecule has 0 unspecified atom stereocenters. The molecule has 1 aromatic heterocycles. The van der Waals surface area contributed by atoms with Crippen molar-refractivity contribution in [2.45, 2.75) is 11.3 Å². The first-order valence-corrected chi connectivity index (χ1v) is 10.3. The van der Waals surface area contributed by atoms with Crippen molar-refractivity contribution in [3.05, 3.63) is 70.8 Å². The second-order valence-electron chi connectivity index (χ2n) is 6.01. The zero-order valence-corrected chi connectivity index (χ0v) is 16.7. The van der Waals surface area contributed by atoms with Crippen LogP contribution in [0.1, 0.15) is 16.2 Å². The van der Waals surface area contributed by atoms with Crippen molar-refractivity contribution in [2.24, 2.45) is 7.05 Å². The topological polar surface area (TPSA) is 109 Å². The van der Waals surface area contributed by atoms with E-state index in [0.717, 1.165) is 5.82 Å². The molecule has 3 N–H and O–H groups in total. The summed E-state index contributed by atoms with van der Waals surface area (Å²) < 4.78 is 29.6. The summed E-state index contributed by atoms with van der Waals surface area (Å²) in [6, 6.07) is 14.4. The molecule has 0 aliphatic heterocycles. The summed E-state index contributed by atoms with van der Waals surface area (Å²) in [5, 5.41) is 9.56. The number of anilines is 1. The molecule has 1 amide bonds. The monoisotopic (exact) mass is 417 g/mol. The highest BCUT2D eigenvalue weighted by Crippen LogP contribution is 2.17. The minimum Gasteiger partial charge on any atom is -0.352 e. The predicted molar refractivity (Wildman–Crippen MR) is 108 cm³/mol. The van der Waals surface area contributed by atoms with Gasteiger partial charge in [0.05, 0.1) is 4.90 Å². The van der Waals surface area contributed by atoms with Crippen molar-refractivity contribution < 1.29 is 13.2 Å². The molecule has 0 aliphatic rings. The lowest BCUT2D eigenvalue weighted by Crippen LogP contribution is -2.26. The molecule has 0 fully saturated rings. The van der Waals surface area contributed by atoms with Gasteiger partial charge >= 0.3 is 0 Å². The van der Waals surface area contributed by atoms with E-state index in [0.29, 0.717) is 29.0 Å². The first-order chi connectivity index (χ1) is 13.4. The van der Waals surface area contributed by atoms with Gasteiger partial charge in [0.1, 0.15) is 5.82 Å². The van der Waals surface area contributed by atoms with Gasteiger partial charge in [-0.05, 0) is 42.5 Å². The zero-order chi connectivity index (χ0) is 20.1. The van der Waals surface area contributed by atoms with E-state index in [1.807, 2.05) is 0 Å². The summed E-state index contributed by atoms with van der Waals surface area (Å²) in [5.41, 5.74) is 0.662. The quantitative estimate of drug-likeness (QED) is 0.511. The highest BCUT2D eigenvalue weighted by molar-refractivity contribution is 7.92. The van der Waals surface area contributed by atoms with E-state index >= 15 is 0 Å². The Morgan fingerprint density at radius 1 is 1.18 bits per heavy atom. The largest absolute Gasteiger partial charge is 0.352 e. The normalized spacial score (nSPS) is 11.2. The Morgan fingerprint density at radius 2 is 1.93 bits per heavy atom. The van der Waals surface area contributed by atoms with Gasteiger partial charge in [0.2, 0.25) is 0 Å². The molecule has 0 spiro atoms. The highest BCUT2D eigenvalue weighted by Gasteiger charge is 2.14. The second kappa shape index (κ2) is 8.36. The third-order valence-electron chi connectivity index (χ3n) is 4.04. The van der Waals surface area contributed by atoms with Crippen LogP contribution in [-0.4, -0.2) is 35.6 Å². The Morgan fingerprint density at radius 3 is 2.61 bits per heavy atom. The Bertz CT molecular complexity index is 1140. The Labute approximate surface area is 167 Å². The number of hydrogen-bond donors (Lipinski definition) is 3. The number of hydrogen-bond acceptors (Lipinski definition) is 5. The number of rotatable bonds is 7. The van der Waals surface area contributed by atoms with E-state index in [1.165, 1.54) is 18.2 Å². The van der Waals surface area contributed by atoms with Crippen LogP contribution in [-0.2, 0) is 23.5 Å². The van der Waals surface area contributed by atoms with Gasteiger partial charge in [-0.25, -0.2) is 8.42 Å². The highest BCUT2D eigenvalue weighted by atomic mass is 32.2. The fraction of sp³-hybridized carbons (Fsp3) is 0.167. The number of amides is 1. The maximum atomic E-state index is 12.4. The molecule has 1 heterocycles. The van der Waals surface area contributed by atoms with Gasteiger partial charge < -0.3 is 9.88 Å². The maximum absolute atomic E-state index is 12.4. The van der Waals surface area contributed by atoms with E-state index < -0.39 is 10.0 Å². The first-order valence-electron chi connectivity index (χ1n) is 8.43. The van der Waals surface area contributed by atoms with Crippen molar-refractivity contribution in [1.29, 1.82) is 0 Å². The average Bonchev–Trinajstić information content (AvgIpc) is 3.01. The minimum absolute atomic E-state index is 0.151. The number of carbonyl (C=O) groups excluding carboxylic acids is 1. The molecule has 8 nitrogen and oxygen atoms in total. The molecule has 2 aromatic carbocycles. The number of benzene rings is 2. The summed E-state index contributed by atoms with van der Waals surface area (Å²) in [6.45, 7) is 0.367. The van der Waals surface area contributed by atoms with Crippen LogP contribution in [0.15, 0.2) is 59.5 Å². The van der Waals surface area contributed by atoms with Crippen LogP contribution < -0.4 is 10.0 Å². The molecule has 0 radical (unpaired) electrons. The van der Waals surface area contributed by atoms with Crippen LogP contribution in [0.2, 0.25) is 0 Å². The Hall–Kier alpha value is -2.98. The van der Waals surface area contributed by atoms with E-state index in [1.54, 1.807) is 48.0 Å². The molecule has 0 saturated carbocycles. The summed E-state index contributed by atoms with van der Waals surface area (Å²) >= 11 is 5.05. The standard InChI is InChI=1S/C18H19N5O3S2/c1-23-16(20-21-18(23)27)10-11-19-17(24)13-6-5-7-14(12-13)22-28(25,26)15-8-3-2-4-9-15/h2-9,12,22H,10-11H2,1H3,(H,19,24)(H,21,27). The number of carbonyl (C=O) groups is 1. The van der Waals surface area contributed by atoms with Crippen molar-refractivity contribution in [1.82, 2.24) is 20.1 Å². The number of aromatic nitrogens is 3. The van der Waals surface area contributed by atoms with Gasteiger partial charge in [0.25, 0.3) is 15.9 Å². The van der Waals surface area contributed by atoms with Crippen LogP contribution in [0.25, 0.3) is 0 Å². The number of H-pyrrole nitrogens is 1. The lowest BCUT2D eigenvalue weighted by Gasteiger charge is -2.10. The van der Waals surface area contributed by atoms with Crippen LogP contribution in [0.3, 0.4) is 0 Å². The van der Waals surface area contributed by atoms with Gasteiger partial charge in [-0.15, -0.1) is 0 Å². The maximum Gasteiger partial charge on any atom is 0.261 e. The van der Waals surface area contributed by atoms with Gasteiger partial charge in [-0.1, -0.05) is 24.3 Å². The Balaban J connectivity index is 1.64. The third-order valence-corrected chi connectivity index (χ3v) is 5.80. The van der Waals surface area contributed by atoms with Gasteiger partial charge in [0, 0.05) is 31.3 Å². The van der Waals surface area contributed by atoms with Crippen LogP contribution in [0.5, 0.6) is 0 Å². The minimum atomic E-state index is -3.72. The van der Waals surface area contributed by atoms with E-state index in [4.69, 9.17) is 12.2 Å². The van der Waals surface area contributed by atoms with Crippen molar-refractivity contribution in [2.75, 3.05) is 11.3 Å². The molecule has 0 saturated heterocycles. The van der Waals surface area contributed by atoms with Crippen molar-refractivity contribution in [3.8, 4) is 0 Å². The lowest BCUT2D eigenvalue weighted by atomic mass is 10.2. The molecular weight excluding hydrogens is 398 g/mol. The summed E-state index contributed by atoms with van der Waals surface area (Å²) in [5.74, 6) is 0.423. The van der Waals surface area contributed by atoms with Crippen LogP contribution in [0, 0.1) is 4.77 Å². The Kier molecular flexibility index (Phi) is 5.90. The molecule has 28 heavy (non-hydrogen) atoms. The number of aromatic amines is 1. The van der Waals surface area contributed by atoms with Gasteiger partial charge in [0.15, 0.2) is 4.77 Å². The van der Waals surface area contributed by atoms with Crippen molar-refractivity contribution >= 4 is 33.8 Å². The molecule has 3 rings (SSSR count). The molecule has 0 bridgehead atoms. The smallest absolute Gasteiger partial charge is 0.261 e. The predicted octanol–water partition coefficient (Wildman–Crippen LogP) is 2.25. The number of nitrogens with one attached hydrogen (secondary N) is 3. The van der Waals surface area contributed by atoms with Crippen LogP contribution >= 0.6 is 12.2 Å². The summed E-state index contributed by atoms with van der Waals surface area (Å²) in [7, 11) is -1.92. The number of nitrogens with zero attached hydrogens (tertiary/aromatic N) is 2. The first kappa shape index (κ1) is 19.8. The summed E-state index contributed by atoms with van der Waals surface area (Å²) in [6.07, 6.45) is 0.510. The molecule has 3 aromatic rings. The lowest BCUT2D eigenvalue weighted by molar-refractivity contribution is 0.0954. The van der Waals surface area contributed by atoms with E-state index in [-0.39, 0.29) is 10.8 Å². The third kappa shape index (κ3) is 4.65. The van der Waals surface area contributed by atoms with E-state index in [2.05, 4.69) is 20.2 Å². The zero-order valence-electron chi connectivity index (χ0n) is 15.0. The molecule has 146 valence electrons. The second-order valence-corrected chi connectivity index (χ2v) is 8.08. The fourth-order valence-electron chi connectivity index (χ4n) is 2.53. The number of sulfonamides is 1. The van der Waals surface area contributed by atoms with Crippen molar-refractivity contribution in [3.63, 3.8) is 0 Å². The fourth-order valence-corrected chi connectivity index (χ4v) is 3.75. The van der Waals surface area contributed by atoms with Gasteiger partial charge in [-0.2, -0.15) is 5.10 Å².